The van der Waals surface area contributed by atoms with Crippen LogP contribution in [0.25, 0.3) is 0 Å². The normalized spacial score (nSPS) is 36.7. The summed E-state index contributed by atoms with van der Waals surface area (Å²) in [5.74, 6) is 0. The summed E-state index contributed by atoms with van der Waals surface area (Å²) >= 11 is 0. The molecule has 1 rings (SSSR count). The number of nitrogens with one attached hydrogen (secondary N) is 2. The van der Waals surface area contributed by atoms with Crippen molar-refractivity contribution >= 4 is 0 Å². The van der Waals surface area contributed by atoms with Gasteiger partial charge in [0.25, 0.3) is 0 Å². The topological polar surface area (TPSA) is 44.3 Å². The Hall–Kier alpha value is -0.120. The van der Waals surface area contributed by atoms with Crippen LogP contribution < -0.4 is 10.6 Å². The lowest BCUT2D eigenvalue weighted by Gasteiger charge is -2.27. The van der Waals surface area contributed by atoms with Crippen LogP contribution in [-0.4, -0.2) is 36.9 Å². The van der Waals surface area contributed by atoms with E-state index in [2.05, 4.69) is 17.6 Å². The lowest BCUT2D eigenvalue weighted by atomic mass is 10.2. The molecule has 0 aliphatic carbocycles. The van der Waals surface area contributed by atoms with Crippen molar-refractivity contribution in [2.75, 3.05) is 19.7 Å². The van der Waals surface area contributed by atoms with Crippen LogP contribution in [-0.2, 0) is 0 Å². The molecule has 0 amide bonds. The largest absolute Gasteiger partial charge is 0.395 e. The third-order valence-electron chi connectivity index (χ3n) is 1.65. The van der Waals surface area contributed by atoms with Crippen molar-refractivity contribution in [1.82, 2.24) is 10.6 Å². The molecule has 3 N–H and O–H groups in total. The van der Waals surface area contributed by atoms with Crippen LogP contribution >= 0.6 is 0 Å². The Morgan fingerprint density at radius 3 is 2.67 bits per heavy atom. The van der Waals surface area contributed by atoms with E-state index in [1.54, 1.807) is 0 Å². The second-order valence-electron chi connectivity index (χ2n) is 2.60. The monoisotopic (exact) mass is 130 g/mol. The van der Waals surface area contributed by atoms with Gasteiger partial charge >= 0.3 is 0 Å². The second-order valence-corrected chi connectivity index (χ2v) is 2.60. The number of hydrogen-bond donors (Lipinski definition) is 3. The van der Waals surface area contributed by atoms with Crippen molar-refractivity contribution in [3.05, 3.63) is 0 Å². The van der Waals surface area contributed by atoms with Crippen molar-refractivity contribution in [2.45, 2.75) is 19.0 Å². The fraction of sp³-hybridized carbons (Fsp3) is 1.00. The van der Waals surface area contributed by atoms with Gasteiger partial charge in [-0.3, -0.25) is 0 Å². The zero-order chi connectivity index (χ0) is 6.69. The third kappa shape index (κ3) is 1.93. The van der Waals surface area contributed by atoms with E-state index >= 15 is 0 Å². The Morgan fingerprint density at radius 2 is 2.22 bits per heavy atom. The van der Waals surface area contributed by atoms with E-state index in [1.807, 2.05) is 0 Å². The summed E-state index contributed by atoms with van der Waals surface area (Å²) in [4.78, 5) is 0. The first kappa shape index (κ1) is 6.99. The SMILES string of the molecule is CC1CNC(CO)CN1. The summed E-state index contributed by atoms with van der Waals surface area (Å²) in [7, 11) is 0. The molecule has 0 aromatic carbocycles. The molecule has 1 heterocycles. The van der Waals surface area contributed by atoms with Gasteiger partial charge in [0.05, 0.1) is 6.61 Å². The fourth-order valence-electron chi connectivity index (χ4n) is 0.960. The van der Waals surface area contributed by atoms with Gasteiger partial charge in [-0.1, -0.05) is 0 Å². The molecule has 0 aromatic rings. The Bertz CT molecular complexity index is 79.1. The van der Waals surface area contributed by atoms with E-state index < -0.39 is 0 Å². The molecule has 1 fully saturated rings. The van der Waals surface area contributed by atoms with Crippen molar-refractivity contribution in [2.24, 2.45) is 0 Å². The molecule has 0 radical (unpaired) electrons. The van der Waals surface area contributed by atoms with Gasteiger partial charge in [-0.2, -0.15) is 0 Å². The highest BCUT2D eigenvalue weighted by atomic mass is 16.3. The average Bonchev–Trinajstić information content (AvgIpc) is 1.90. The van der Waals surface area contributed by atoms with E-state index in [0.717, 1.165) is 13.1 Å². The lowest BCUT2D eigenvalue weighted by molar-refractivity contribution is 0.216. The highest BCUT2D eigenvalue weighted by Crippen LogP contribution is 1.90. The second kappa shape index (κ2) is 3.15. The molecule has 2 atom stereocenters. The summed E-state index contributed by atoms with van der Waals surface area (Å²) in [6, 6.07) is 0.814. The summed E-state index contributed by atoms with van der Waals surface area (Å²) in [6.07, 6.45) is 0. The number of hydrogen-bond acceptors (Lipinski definition) is 3. The molecular formula is C6H14N2O. The molecule has 1 aliphatic heterocycles. The molecular weight excluding hydrogens is 116 g/mol. The van der Waals surface area contributed by atoms with Crippen LogP contribution in [0.15, 0.2) is 0 Å². The smallest absolute Gasteiger partial charge is 0.0597 e. The summed E-state index contributed by atoms with van der Waals surface area (Å²) in [6.45, 7) is 4.21. The molecule has 3 heteroatoms. The van der Waals surface area contributed by atoms with Crippen LogP contribution in [0.1, 0.15) is 6.92 Å². The number of aliphatic hydroxyl groups is 1. The van der Waals surface area contributed by atoms with E-state index in [-0.39, 0.29) is 12.6 Å². The summed E-state index contributed by atoms with van der Waals surface area (Å²) < 4.78 is 0. The molecule has 2 unspecified atom stereocenters. The fourth-order valence-corrected chi connectivity index (χ4v) is 0.960. The molecule has 3 nitrogen and oxygen atoms in total. The highest BCUT2D eigenvalue weighted by Gasteiger charge is 2.14. The van der Waals surface area contributed by atoms with Gasteiger partial charge in [0.15, 0.2) is 0 Å². The van der Waals surface area contributed by atoms with Crippen LogP contribution in [0, 0.1) is 0 Å². The predicted molar refractivity (Wildman–Crippen MR) is 36.3 cm³/mol. The molecule has 1 aliphatic rings. The molecule has 0 bridgehead atoms. The third-order valence-corrected chi connectivity index (χ3v) is 1.65. The number of rotatable bonds is 1. The number of aliphatic hydroxyl groups excluding tert-OH is 1. The molecule has 1 saturated heterocycles. The van der Waals surface area contributed by atoms with Gasteiger partial charge in [-0.15, -0.1) is 0 Å². The average molecular weight is 130 g/mol. The van der Waals surface area contributed by atoms with Crippen molar-refractivity contribution in [3.63, 3.8) is 0 Å². The van der Waals surface area contributed by atoms with Crippen LogP contribution in [0.2, 0.25) is 0 Å². The van der Waals surface area contributed by atoms with Gasteiger partial charge in [0.2, 0.25) is 0 Å². The standard InChI is InChI=1S/C6H14N2O/c1-5-2-8-6(4-9)3-7-5/h5-9H,2-4H2,1H3. The zero-order valence-corrected chi connectivity index (χ0v) is 5.72. The highest BCUT2D eigenvalue weighted by molar-refractivity contribution is 4.79. The Morgan fingerprint density at radius 1 is 1.44 bits per heavy atom. The maximum atomic E-state index is 8.67. The quantitative estimate of drug-likeness (QED) is 0.423. The van der Waals surface area contributed by atoms with Crippen LogP contribution in [0.4, 0.5) is 0 Å². The summed E-state index contributed by atoms with van der Waals surface area (Å²) in [5, 5.41) is 15.1. The maximum Gasteiger partial charge on any atom is 0.0597 e. The zero-order valence-electron chi connectivity index (χ0n) is 5.72. The number of piperazine rings is 1. The van der Waals surface area contributed by atoms with Gasteiger partial charge in [0, 0.05) is 25.2 Å². The Balaban J connectivity index is 2.18. The predicted octanol–water partition coefficient (Wildman–Crippen LogP) is -1.07. The van der Waals surface area contributed by atoms with Gasteiger partial charge in [-0.05, 0) is 6.92 Å². The van der Waals surface area contributed by atoms with E-state index in [1.165, 1.54) is 0 Å². The molecule has 0 aromatic heterocycles. The lowest BCUT2D eigenvalue weighted by Crippen LogP contribution is -2.54. The van der Waals surface area contributed by atoms with Crippen molar-refractivity contribution in [3.8, 4) is 0 Å². The minimum absolute atomic E-state index is 0.236. The Labute approximate surface area is 55.5 Å². The van der Waals surface area contributed by atoms with Gasteiger partial charge < -0.3 is 15.7 Å². The molecule has 0 spiro atoms. The van der Waals surface area contributed by atoms with Gasteiger partial charge in [0.1, 0.15) is 0 Å². The first-order chi connectivity index (χ1) is 4.33. The maximum absolute atomic E-state index is 8.67. The Kier molecular flexibility index (Phi) is 2.45. The van der Waals surface area contributed by atoms with E-state index in [0.29, 0.717) is 6.04 Å². The molecule has 0 saturated carbocycles. The van der Waals surface area contributed by atoms with E-state index in [4.69, 9.17) is 5.11 Å². The van der Waals surface area contributed by atoms with Crippen molar-refractivity contribution in [1.29, 1.82) is 0 Å². The summed E-state index contributed by atoms with van der Waals surface area (Å²) in [5.41, 5.74) is 0. The van der Waals surface area contributed by atoms with Crippen LogP contribution in [0.3, 0.4) is 0 Å². The van der Waals surface area contributed by atoms with Gasteiger partial charge in [-0.25, -0.2) is 0 Å². The minimum Gasteiger partial charge on any atom is -0.395 e. The first-order valence-corrected chi connectivity index (χ1v) is 3.40. The first-order valence-electron chi connectivity index (χ1n) is 3.40. The minimum atomic E-state index is 0.236. The molecule has 54 valence electrons. The van der Waals surface area contributed by atoms with Crippen molar-refractivity contribution < 1.29 is 5.11 Å². The van der Waals surface area contributed by atoms with Crippen LogP contribution in [0.5, 0.6) is 0 Å². The molecule has 9 heavy (non-hydrogen) atoms. The van der Waals surface area contributed by atoms with E-state index in [9.17, 15) is 0 Å².